The molecule has 6 heteroatoms. The lowest BCUT2D eigenvalue weighted by Gasteiger charge is -2.27. The number of nitrogens with zero attached hydrogens (tertiary/aromatic N) is 1. The van der Waals surface area contributed by atoms with E-state index in [2.05, 4.69) is 10.7 Å². The van der Waals surface area contributed by atoms with Crippen LogP contribution in [0.25, 0.3) is 11.1 Å². The van der Waals surface area contributed by atoms with Gasteiger partial charge in [-0.25, -0.2) is 5.01 Å². The van der Waals surface area contributed by atoms with Crippen molar-refractivity contribution in [3.63, 3.8) is 0 Å². The minimum absolute atomic E-state index is 0.108. The van der Waals surface area contributed by atoms with Gasteiger partial charge in [-0.2, -0.15) is 0 Å². The van der Waals surface area contributed by atoms with Crippen LogP contribution in [0.15, 0.2) is 48.5 Å². The molecular weight excluding hydrogens is 402 g/mol. The lowest BCUT2D eigenvalue weighted by atomic mass is 9.87. The number of carbonyl (C=O) groups excluding carboxylic acids is 3. The molecule has 0 aromatic heterocycles. The van der Waals surface area contributed by atoms with E-state index < -0.39 is 17.9 Å². The standard InChI is InChI=1S/C26H31N3O3/c1-17-20-12-6-7-13-21(20)22-14-8-9-15-23(22)29(26(17)32)28-25(31)18(2)27-24(30)16-19-10-4-3-5-11-19/h6-9,12-15,17-19H,3-5,10-11,16H2,1-2H3,(H,27,30)(H,28,31)/t17?,18-/m0/s1. The average Bonchev–Trinajstić information content (AvgIpc) is 2.89. The van der Waals surface area contributed by atoms with Crippen LogP contribution in [0.3, 0.4) is 0 Å². The predicted molar refractivity (Wildman–Crippen MR) is 125 cm³/mol. The van der Waals surface area contributed by atoms with Gasteiger partial charge in [-0.3, -0.25) is 19.8 Å². The van der Waals surface area contributed by atoms with Gasteiger partial charge in [0.05, 0.1) is 11.6 Å². The Kier molecular flexibility index (Phi) is 6.58. The van der Waals surface area contributed by atoms with Gasteiger partial charge in [0, 0.05) is 12.0 Å². The van der Waals surface area contributed by atoms with Crippen molar-refractivity contribution < 1.29 is 14.4 Å². The van der Waals surface area contributed by atoms with Gasteiger partial charge in [0.15, 0.2) is 0 Å². The third-order valence-electron chi connectivity index (χ3n) is 6.64. The van der Waals surface area contributed by atoms with Gasteiger partial charge in [-0.15, -0.1) is 0 Å². The first-order valence-corrected chi connectivity index (χ1v) is 11.6. The van der Waals surface area contributed by atoms with Crippen molar-refractivity contribution in [3.8, 4) is 11.1 Å². The number of para-hydroxylation sites is 1. The minimum atomic E-state index is -0.744. The molecule has 1 aliphatic carbocycles. The number of hydrogen-bond acceptors (Lipinski definition) is 3. The van der Waals surface area contributed by atoms with Crippen LogP contribution in [-0.4, -0.2) is 23.8 Å². The van der Waals surface area contributed by atoms with E-state index in [1.165, 1.54) is 24.3 Å². The van der Waals surface area contributed by atoms with E-state index in [0.29, 0.717) is 18.0 Å². The van der Waals surface area contributed by atoms with Crippen LogP contribution in [0.4, 0.5) is 5.69 Å². The average molecular weight is 434 g/mol. The summed E-state index contributed by atoms with van der Waals surface area (Å²) in [6, 6.07) is 14.6. The highest BCUT2D eigenvalue weighted by Crippen LogP contribution is 2.40. The molecule has 2 aromatic carbocycles. The molecule has 1 saturated carbocycles. The SMILES string of the molecule is CC1C(=O)N(NC(=O)[C@H](C)NC(=O)CC2CCCCC2)c2ccccc2-c2ccccc21. The Morgan fingerprint density at radius 3 is 2.41 bits per heavy atom. The summed E-state index contributed by atoms with van der Waals surface area (Å²) in [5, 5.41) is 4.15. The summed E-state index contributed by atoms with van der Waals surface area (Å²) in [4.78, 5) is 38.8. The van der Waals surface area contributed by atoms with Crippen LogP contribution in [-0.2, 0) is 14.4 Å². The van der Waals surface area contributed by atoms with Gasteiger partial charge < -0.3 is 5.32 Å². The van der Waals surface area contributed by atoms with Gasteiger partial charge in [-0.1, -0.05) is 61.7 Å². The lowest BCUT2D eigenvalue weighted by Crippen LogP contribution is -2.54. The van der Waals surface area contributed by atoms with Gasteiger partial charge >= 0.3 is 0 Å². The number of hydrogen-bond donors (Lipinski definition) is 2. The van der Waals surface area contributed by atoms with Crippen LogP contribution in [0.1, 0.15) is 63.9 Å². The molecule has 1 fully saturated rings. The van der Waals surface area contributed by atoms with Crippen LogP contribution in [0, 0.1) is 5.92 Å². The summed E-state index contributed by atoms with van der Waals surface area (Å²) in [7, 11) is 0. The quantitative estimate of drug-likeness (QED) is 0.738. The molecule has 2 N–H and O–H groups in total. The summed E-state index contributed by atoms with van der Waals surface area (Å²) >= 11 is 0. The highest BCUT2D eigenvalue weighted by atomic mass is 16.2. The maximum Gasteiger partial charge on any atom is 0.261 e. The second kappa shape index (κ2) is 9.55. The summed E-state index contributed by atoms with van der Waals surface area (Å²) < 4.78 is 0. The van der Waals surface area contributed by atoms with Crippen molar-refractivity contribution in [2.75, 3.05) is 5.01 Å². The summed E-state index contributed by atoms with van der Waals surface area (Å²) in [5.74, 6) is -0.754. The van der Waals surface area contributed by atoms with E-state index >= 15 is 0 Å². The molecule has 3 amide bonds. The first-order valence-electron chi connectivity index (χ1n) is 11.6. The Balaban J connectivity index is 1.50. The molecule has 6 nitrogen and oxygen atoms in total. The smallest absolute Gasteiger partial charge is 0.261 e. The van der Waals surface area contributed by atoms with E-state index in [4.69, 9.17) is 0 Å². The Hall–Kier alpha value is -3.15. The maximum absolute atomic E-state index is 13.3. The normalized spacial score (nSPS) is 19.4. The van der Waals surface area contributed by atoms with E-state index in [0.717, 1.165) is 29.5 Å². The Morgan fingerprint density at radius 2 is 1.66 bits per heavy atom. The molecule has 168 valence electrons. The van der Waals surface area contributed by atoms with Crippen molar-refractivity contribution in [2.24, 2.45) is 5.92 Å². The number of amides is 3. The van der Waals surface area contributed by atoms with Crippen molar-refractivity contribution in [3.05, 3.63) is 54.1 Å². The Bertz CT molecular complexity index is 1010. The van der Waals surface area contributed by atoms with Crippen molar-refractivity contribution in [1.29, 1.82) is 0 Å². The summed E-state index contributed by atoms with van der Waals surface area (Å²) in [6.45, 7) is 3.50. The van der Waals surface area contributed by atoms with Gasteiger partial charge in [0.25, 0.3) is 11.8 Å². The lowest BCUT2D eigenvalue weighted by molar-refractivity contribution is -0.130. The number of hydrazine groups is 1. The summed E-state index contributed by atoms with van der Waals surface area (Å²) in [5.41, 5.74) is 6.19. The van der Waals surface area contributed by atoms with Crippen LogP contribution >= 0.6 is 0 Å². The number of carbonyl (C=O) groups is 3. The predicted octanol–water partition coefficient (Wildman–Crippen LogP) is 4.31. The van der Waals surface area contributed by atoms with E-state index in [1.807, 2.05) is 55.5 Å². The van der Waals surface area contributed by atoms with Crippen LogP contribution in [0.5, 0.6) is 0 Å². The van der Waals surface area contributed by atoms with Gasteiger partial charge in [0.2, 0.25) is 5.91 Å². The van der Waals surface area contributed by atoms with Crippen molar-refractivity contribution in [2.45, 2.75) is 64.3 Å². The largest absolute Gasteiger partial charge is 0.345 e. The molecule has 1 heterocycles. The minimum Gasteiger partial charge on any atom is -0.345 e. The van der Waals surface area contributed by atoms with Crippen molar-refractivity contribution >= 4 is 23.4 Å². The molecule has 2 aromatic rings. The zero-order valence-electron chi connectivity index (χ0n) is 18.8. The third kappa shape index (κ3) is 4.54. The zero-order chi connectivity index (χ0) is 22.7. The number of nitrogens with one attached hydrogen (secondary N) is 2. The summed E-state index contributed by atoms with van der Waals surface area (Å²) in [6.07, 6.45) is 6.19. The molecule has 2 atom stereocenters. The molecule has 2 aliphatic rings. The van der Waals surface area contributed by atoms with Gasteiger partial charge in [0.1, 0.15) is 6.04 Å². The number of benzene rings is 2. The van der Waals surface area contributed by atoms with E-state index in [9.17, 15) is 14.4 Å². The van der Waals surface area contributed by atoms with Crippen LogP contribution < -0.4 is 15.8 Å². The molecule has 4 rings (SSSR count). The topological polar surface area (TPSA) is 78.5 Å². The second-order valence-electron chi connectivity index (χ2n) is 8.97. The van der Waals surface area contributed by atoms with Crippen molar-refractivity contribution in [1.82, 2.24) is 10.7 Å². The Morgan fingerprint density at radius 1 is 1.00 bits per heavy atom. The molecule has 32 heavy (non-hydrogen) atoms. The third-order valence-corrected chi connectivity index (χ3v) is 6.64. The maximum atomic E-state index is 13.3. The van der Waals surface area contributed by atoms with Gasteiger partial charge in [-0.05, 0) is 49.8 Å². The molecule has 0 spiro atoms. The fourth-order valence-electron chi connectivity index (χ4n) is 4.80. The number of anilines is 1. The molecular formula is C26H31N3O3. The molecule has 0 saturated heterocycles. The van der Waals surface area contributed by atoms with E-state index in [-0.39, 0.29) is 11.8 Å². The monoisotopic (exact) mass is 433 g/mol. The highest BCUT2D eigenvalue weighted by molar-refractivity contribution is 6.06. The fraction of sp³-hybridized carbons (Fsp3) is 0.423. The molecule has 0 radical (unpaired) electrons. The highest BCUT2D eigenvalue weighted by Gasteiger charge is 2.33. The first kappa shape index (κ1) is 22.1. The zero-order valence-corrected chi connectivity index (χ0v) is 18.8. The fourth-order valence-corrected chi connectivity index (χ4v) is 4.80. The molecule has 1 aliphatic heterocycles. The molecule has 1 unspecified atom stereocenters. The second-order valence-corrected chi connectivity index (χ2v) is 8.97. The first-order chi connectivity index (χ1) is 15.5. The number of fused-ring (bicyclic) bond motifs is 3. The molecule has 0 bridgehead atoms. The van der Waals surface area contributed by atoms with Crippen LogP contribution in [0.2, 0.25) is 0 Å². The Labute approximate surface area is 189 Å². The number of rotatable bonds is 5. The van der Waals surface area contributed by atoms with E-state index in [1.54, 1.807) is 6.92 Å².